The summed E-state index contributed by atoms with van der Waals surface area (Å²) in [7, 11) is -3.61. The molecule has 1 fully saturated rings. The number of aromatic nitrogens is 3. The van der Waals surface area contributed by atoms with E-state index in [4.69, 9.17) is 5.14 Å². The maximum absolute atomic E-state index is 11.4. The van der Waals surface area contributed by atoms with Gasteiger partial charge in [0.2, 0.25) is 5.95 Å². The molecule has 1 aliphatic rings. The highest BCUT2D eigenvalue weighted by Gasteiger charge is 2.34. The Morgan fingerprint density at radius 1 is 1.32 bits per heavy atom. The molecule has 3 N–H and O–H groups in total. The molecule has 0 aromatic carbocycles. The summed E-state index contributed by atoms with van der Waals surface area (Å²) < 4.78 is 24.0. The van der Waals surface area contributed by atoms with Gasteiger partial charge in [0.05, 0.1) is 0 Å². The molecule has 0 saturated carbocycles. The number of fused-ring (bicyclic) bond motifs is 1. The minimum absolute atomic E-state index is 0.274. The molecule has 2 aromatic rings. The number of nitrogens with one attached hydrogen (secondary N) is 1. The summed E-state index contributed by atoms with van der Waals surface area (Å²) >= 11 is 0. The van der Waals surface area contributed by atoms with Crippen LogP contribution in [0.1, 0.15) is 19.8 Å². The summed E-state index contributed by atoms with van der Waals surface area (Å²) in [6, 6.07) is 3.74. The number of nitrogens with two attached hydrogens (primary N) is 1. The molecule has 0 unspecified atom stereocenters. The van der Waals surface area contributed by atoms with E-state index < -0.39 is 10.2 Å². The average Bonchev–Trinajstić information content (AvgIpc) is 2.46. The van der Waals surface area contributed by atoms with Gasteiger partial charge in [-0.05, 0) is 31.9 Å². The minimum Gasteiger partial charge on any atom is -0.349 e. The number of anilines is 1. The van der Waals surface area contributed by atoms with E-state index in [1.54, 1.807) is 12.4 Å². The number of piperidine rings is 1. The number of hydrogen-bond donors (Lipinski definition) is 2. The van der Waals surface area contributed by atoms with Crippen LogP contribution in [0.15, 0.2) is 24.5 Å². The summed E-state index contributed by atoms with van der Waals surface area (Å²) in [6.45, 7) is 2.79. The van der Waals surface area contributed by atoms with Crippen LogP contribution < -0.4 is 10.5 Å². The van der Waals surface area contributed by atoms with Crippen molar-refractivity contribution in [1.29, 1.82) is 0 Å². The molecule has 0 aliphatic carbocycles. The summed E-state index contributed by atoms with van der Waals surface area (Å²) in [5.74, 6) is 0.498. The van der Waals surface area contributed by atoms with Crippen molar-refractivity contribution in [2.45, 2.75) is 25.3 Å². The van der Waals surface area contributed by atoms with E-state index in [1.807, 2.05) is 19.1 Å². The molecule has 0 amide bonds. The molecule has 0 spiro atoms. The smallest absolute Gasteiger partial charge is 0.276 e. The lowest BCUT2D eigenvalue weighted by Crippen LogP contribution is -2.50. The van der Waals surface area contributed by atoms with E-state index in [-0.39, 0.29) is 5.54 Å². The van der Waals surface area contributed by atoms with E-state index in [9.17, 15) is 8.42 Å². The van der Waals surface area contributed by atoms with Crippen LogP contribution in [0.3, 0.4) is 0 Å². The third kappa shape index (κ3) is 3.16. The predicted molar refractivity (Wildman–Crippen MR) is 83.3 cm³/mol. The molecule has 0 bridgehead atoms. The molecule has 8 nitrogen and oxygen atoms in total. The van der Waals surface area contributed by atoms with Crippen LogP contribution in [0.2, 0.25) is 0 Å². The van der Waals surface area contributed by atoms with Crippen LogP contribution in [0.4, 0.5) is 5.95 Å². The second kappa shape index (κ2) is 5.41. The minimum atomic E-state index is -3.61. The molecular weight excluding hydrogens is 304 g/mol. The Balaban J connectivity index is 1.74. The van der Waals surface area contributed by atoms with Crippen LogP contribution in [0, 0.1) is 0 Å². The van der Waals surface area contributed by atoms with Crippen molar-refractivity contribution in [3.05, 3.63) is 24.5 Å². The summed E-state index contributed by atoms with van der Waals surface area (Å²) in [5.41, 5.74) is 0.356. The first-order chi connectivity index (χ1) is 10.4. The van der Waals surface area contributed by atoms with E-state index in [1.165, 1.54) is 4.31 Å². The van der Waals surface area contributed by atoms with Gasteiger partial charge in [0, 0.05) is 36.4 Å². The standard InChI is InChI=1S/C13H18N6O2S/c1-13(4-7-19(8-5-13)22(14,20)21)18-12-16-9-10-3-2-6-15-11(10)17-12/h2-3,6,9H,4-5,7-8H2,1H3,(H2,14,20,21)(H,15,16,17,18). The van der Waals surface area contributed by atoms with Gasteiger partial charge in [-0.2, -0.15) is 17.7 Å². The molecule has 1 aliphatic heterocycles. The SMILES string of the molecule is CC1(Nc2ncc3cccnc3n2)CCN(S(N)(=O)=O)CC1. The van der Waals surface area contributed by atoms with Crippen molar-refractivity contribution in [3.8, 4) is 0 Å². The molecule has 9 heteroatoms. The summed E-state index contributed by atoms with van der Waals surface area (Å²) in [4.78, 5) is 12.9. The zero-order valence-corrected chi connectivity index (χ0v) is 13.0. The fourth-order valence-electron chi connectivity index (χ4n) is 2.55. The average molecular weight is 322 g/mol. The lowest BCUT2D eigenvalue weighted by atomic mass is 9.91. The topological polar surface area (TPSA) is 114 Å². The molecule has 22 heavy (non-hydrogen) atoms. The summed E-state index contributed by atoms with van der Waals surface area (Å²) in [6.07, 6.45) is 4.67. The van der Waals surface area contributed by atoms with Gasteiger partial charge in [-0.25, -0.2) is 15.1 Å². The first-order valence-electron chi connectivity index (χ1n) is 7.00. The van der Waals surface area contributed by atoms with Gasteiger partial charge in [-0.3, -0.25) is 0 Å². The number of hydrogen-bond acceptors (Lipinski definition) is 6. The number of pyridine rings is 1. The second-order valence-electron chi connectivity index (χ2n) is 5.74. The van der Waals surface area contributed by atoms with Crippen molar-refractivity contribution < 1.29 is 8.42 Å². The monoisotopic (exact) mass is 322 g/mol. The Labute approximate surface area is 129 Å². The van der Waals surface area contributed by atoms with E-state index in [0.29, 0.717) is 37.5 Å². The Bertz CT molecular complexity index is 786. The normalized spacial score (nSPS) is 19.2. The third-order valence-electron chi connectivity index (χ3n) is 3.95. The first kappa shape index (κ1) is 15.1. The largest absolute Gasteiger partial charge is 0.349 e. The third-order valence-corrected chi connectivity index (χ3v) is 5.04. The zero-order valence-electron chi connectivity index (χ0n) is 12.2. The highest BCUT2D eigenvalue weighted by atomic mass is 32.2. The Kier molecular flexibility index (Phi) is 3.71. The van der Waals surface area contributed by atoms with E-state index in [0.717, 1.165) is 5.39 Å². The van der Waals surface area contributed by atoms with Gasteiger partial charge in [0.25, 0.3) is 10.2 Å². The lowest BCUT2D eigenvalue weighted by Gasteiger charge is -2.38. The lowest BCUT2D eigenvalue weighted by molar-refractivity contribution is 0.268. The molecule has 3 heterocycles. The Hall–Kier alpha value is -1.84. The summed E-state index contributed by atoms with van der Waals surface area (Å²) in [5, 5.41) is 9.33. The second-order valence-corrected chi connectivity index (χ2v) is 7.29. The molecule has 0 radical (unpaired) electrons. The van der Waals surface area contributed by atoms with Gasteiger partial charge < -0.3 is 5.32 Å². The highest BCUT2D eigenvalue weighted by molar-refractivity contribution is 7.86. The van der Waals surface area contributed by atoms with Gasteiger partial charge >= 0.3 is 0 Å². The zero-order chi connectivity index (χ0) is 15.8. The van der Waals surface area contributed by atoms with Crippen LogP contribution in [0.5, 0.6) is 0 Å². The fraction of sp³-hybridized carbons (Fsp3) is 0.462. The van der Waals surface area contributed by atoms with Crippen LogP contribution >= 0.6 is 0 Å². The molecule has 118 valence electrons. The van der Waals surface area contributed by atoms with Crippen molar-refractivity contribution >= 4 is 27.2 Å². The van der Waals surface area contributed by atoms with Crippen molar-refractivity contribution in [2.75, 3.05) is 18.4 Å². The highest BCUT2D eigenvalue weighted by Crippen LogP contribution is 2.26. The molecule has 3 rings (SSSR count). The van der Waals surface area contributed by atoms with E-state index >= 15 is 0 Å². The van der Waals surface area contributed by atoms with Crippen LogP contribution in [-0.4, -0.2) is 46.3 Å². The number of rotatable bonds is 3. The first-order valence-corrected chi connectivity index (χ1v) is 8.50. The predicted octanol–water partition coefficient (Wildman–Crippen LogP) is 0.495. The Morgan fingerprint density at radius 3 is 2.73 bits per heavy atom. The maximum atomic E-state index is 11.4. The van der Waals surface area contributed by atoms with Gasteiger partial charge in [0.15, 0.2) is 5.65 Å². The van der Waals surface area contributed by atoms with E-state index in [2.05, 4.69) is 20.3 Å². The van der Waals surface area contributed by atoms with Gasteiger partial charge in [-0.15, -0.1) is 0 Å². The van der Waals surface area contributed by atoms with Crippen LogP contribution in [0.25, 0.3) is 11.0 Å². The maximum Gasteiger partial charge on any atom is 0.276 e. The molecule has 2 aromatic heterocycles. The van der Waals surface area contributed by atoms with Crippen molar-refractivity contribution in [3.63, 3.8) is 0 Å². The van der Waals surface area contributed by atoms with Crippen molar-refractivity contribution in [1.82, 2.24) is 19.3 Å². The number of nitrogens with zero attached hydrogens (tertiary/aromatic N) is 4. The molecular formula is C13H18N6O2S. The van der Waals surface area contributed by atoms with Gasteiger partial charge in [-0.1, -0.05) is 0 Å². The van der Waals surface area contributed by atoms with Crippen molar-refractivity contribution in [2.24, 2.45) is 5.14 Å². The molecule has 0 atom stereocenters. The van der Waals surface area contributed by atoms with Gasteiger partial charge in [0.1, 0.15) is 0 Å². The Morgan fingerprint density at radius 2 is 2.05 bits per heavy atom. The quantitative estimate of drug-likeness (QED) is 0.850. The fourth-order valence-corrected chi connectivity index (χ4v) is 3.24. The van der Waals surface area contributed by atoms with Crippen LogP contribution in [-0.2, 0) is 10.2 Å². The molecule has 1 saturated heterocycles.